The summed E-state index contributed by atoms with van der Waals surface area (Å²) in [4.78, 5) is 40.0. The fraction of sp³-hybridized carbons (Fsp3) is 0.435. The van der Waals surface area contributed by atoms with Crippen LogP contribution in [0, 0.1) is 5.92 Å². The monoisotopic (exact) mass is 462 g/mol. The second-order valence-electron chi connectivity index (χ2n) is 7.68. The highest BCUT2D eigenvalue weighted by Gasteiger charge is 2.30. The van der Waals surface area contributed by atoms with Crippen LogP contribution in [0.25, 0.3) is 0 Å². The highest BCUT2D eigenvalue weighted by molar-refractivity contribution is 7.58. The topological polar surface area (TPSA) is 106 Å². The number of nitrogens with zero attached hydrogens (tertiary/aromatic N) is 2. The maximum Gasteiger partial charge on any atom is 0.409 e. The van der Waals surface area contributed by atoms with Gasteiger partial charge in [-0.3, -0.25) is 14.3 Å². The third kappa shape index (κ3) is 9.20. The second-order valence-corrected chi connectivity index (χ2v) is 10.2. The van der Waals surface area contributed by atoms with Crippen LogP contribution in [0.5, 0.6) is 0 Å². The number of aromatic nitrogens is 1. The smallest absolute Gasteiger partial charge is 0.409 e. The number of ether oxygens (including phenoxy) is 2. The lowest BCUT2D eigenvalue weighted by molar-refractivity contribution is -0.145. The molecule has 174 valence electrons. The molecule has 0 radical (unpaired) electrons. The number of carbonyl (C=O) groups is 2. The second kappa shape index (κ2) is 13.0. The van der Waals surface area contributed by atoms with Gasteiger partial charge in [-0.05, 0) is 42.5 Å². The molecule has 0 fully saturated rings. The molecule has 0 spiro atoms. The third-order valence-corrected chi connectivity index (χ3v) is 7.02. The zero-order valence-corrected chi connectivity index (χ0v) is 19.4. The molecule has 2 unspecified atom stereocenters. The van der Waals surface area contributed by atoms with Crippen LogP contribution >= 0.6 is 7.37 Å². The van der Waals surface area contributed by atoms with Gasteiger partial charge in [0.1, 0.15) is 6.61 Å². The number of amides is 1. The lowest BCUT2D eigenvalue weighted by Gasteiger charge is -2.22. The van der Waals surface area contributed by atoms with E-state index in [1.165, 1.54) is 19.1 Å². The Morgan fingerprint density at radius 3 is 2.47 bits per heavy atom. The van der Waals surface area contributed by atoms with Crippen molar-refractivity contribution in [1.82, 2.24) is 9.88 Å². The van der Waals surface area contributed by atoms with Crippen molar-refractivity contribution in [1.29, 1.82) is 0 Å². The van der Waals surface area contributed by atoms with Crippen molar-refractivity contribution in [3.05, 3.63) is 66.0 Å². The Bertz CT molecular complexity index is 894. The molecule has 2 aromatic rings. The standard InChI is InChI=1S/C23H31N2O6P/c1-25(23(27)31-17-20-7-4-3-5-8-20)15-16-32(28,29)18-21(22(26)30-2)10-6-9-19-11-13-24-14-12-19/h3-5,7-8,11-14,21H,6,9-10,15-18H2,1-2H3,(H,28,29). The molecule has 0 aliphatic carbocycles. The van der Waals surface area contributed by atoms with E-state index in [1.54, 1.807) is 12.4 Å². The predicted octanol–water partition coefficient (Wildman–Crippen LogP) is 3.73. The first-order chi connectivity index (χ1) is 15.3. The van der Waals surface area contributed by atoms with E-state index in [-0.39, 0.29) is 25.5 Å². The molecule has 1 N–H and O–H groups in total. The number of carbonyl (C=O) groups excluding carboxylic acids is 2. The Morgan fingerprint density at radius 1 is 1.12 bits per heavy atom. The van der Waals surface area contributed by atoms with Gasteiger partial charge in [0.15, 0.2) is 0 Å². The van der Waals surface area contributed by atoms with Crippen LogP contribution in [0.1, 0.15) is 24.0 Å². The minimum Gasteiger partial charge on any atom is -0.469 e. The molecule has 0 saturated heterocycles. The molecule has 8 nitrogen and oxygen atoms in total. The normalized spacial score (nSPS) is 13.6. The molecular formula is C23H31N2O6P. The zero-order valence-electron chi connectivity index (χ0n) is 18.6. The largest absolute Gasteiger partial charge is 0.469 e. The Kier molecular flexibility index (Phi) is 10.4. The minimum absolute atomic E-state index is 0.0479. The number of hydrogen-bond donors (Lipinski definition) is 1. The molecule has 9 heteroatoms. The highest BCUT2D eigenvalue weighted by atomic mass is 31.2. The summed E-state index contributed by atoms with van der Waals surface area (Å²) in [5.41, 5.74) is 1.95. The van der Waals surface area contributed by atoms with E-state index in [1.807, 2.05) is 42.5 Å². The van der Waals surface area contributed by atoms with Crippen molar-refractivity contribution in [3.63, 3.8) is 0 Å². The predicted molar refractivity (Wildman–Crippen MR) is 121 cm³/mol. The first-order valence-corrected chi connectivity index (χ1v) is 12.5. The highest BCUT2D eigenvalue weighted by Crippen LogP contribution is 2.43. The summed E-state index contributed by atoms with van der Waals surface area (Å²) in [5.74, 6) is -1.17. The number of aryl methyl sites for hydroxylation is 1. The van der Waals surface area contributed by atoms with E-state index in [0.717, 1.165) is 17.5 Å². The Balaban J connectivity index is 1.81. The van der Waals surface area contributed by atoms with Crippen molar-refractivity contribution in [2.45, 2.75) is 25.9 Å². The molecule has 0 aliphatic heterocycles. The first kappa shape index (κ1) is 25.6. The number of benzene rings is 1. The number of pyridine rings is 1. The fourth-order valence-electron chi connectivity index (χ4n) is 3.22. The summed E-state index contributed by atoms with van der Waals surface area (Å²) in [5, 5.41) is 0. The molecular weight excluding hydrogens is 431 g/mol. The third-order valence-electron chi connectivity index (χ3n) is 5.11. The quantitative estimate of drug-likeness (QED) is 0.378. The van der Waals surface area contributed by atoms with Gasteiger partial charge < -0.3 is 19.3 Å². The van der Waals surface area contributed by atoms with E-state index in [4.69, 9.17) is 9.47 Å². The van der Waals surface area contributed by atoms with Gasteiger partial charge >= 0.3 is 12.1 Å². The van der Waals surface area contributed by atoms with Crippen molar-refractivity contribution in [3.8, 4) is 0 Å². The number of rotatable bonds is 12. The lowest BCUT2D eigenvalue weighted by atomic mass is 10.0. The van der Waals surface area contributed by atoms with E-state index in [9.17, 15) is 19.0 Å². The molecule has 0 aliphatic rings. The number of esters is 1. The molecule has 1 aromatic carbocycles. The summed E-state index contributed by atoms with van der Waals surface area (Å²) >= 11 is 0. The van der Waals surface area contributed by atoms with Gasteiger partial charge in [-0.1, -0.05) is 30.3 Å². The molecule has 0 bridgehead atoms. The van der Waals surface area contributed by atoms with Gasteiger partial charge in [0.25, 0.3) is 0 Å². The molecule has 32 heavy (non-hydrogen) atoms. The molecule has 2 atom stereocenters. The van der Waals surface area contributed by atoms with E-state index < -0.39 is 25.3 Å². The Labute approximate surface area is 189 Å². The zero-order chi connectivity index (χ0) is 23.4. The summed E-state index contributed by atoms with van der Waals surface area (Å²) < 4.78 is 22.8. The van der Waals surface area contributed by atoms with Crippen LogP contribution in [-0.4, -0.2) is 59.9 Å². The van der Waals surface area contributed by atoms with Crippen LogP contribution in [0.3, 0.4) is 0 Å². The molecule has 1 heterocycles. The molecule has 0 saturated carbocycles. The molecule has 1 aromatic heterocycles. The summed E-state index contributed by atoms with van der Waals surface area (Å²) in [6.07, 6.45) is 4.39. The lowest BCUT2D eigenvalue weighted by Crippen LogP contribution is -2.31. The average molecular weight is 462 g/mol. The van der Waals surface area contributed by atoms with Crippen LogP contribution in [-0.2, 0) is 31.9 Å². The van der Waals surface area contributed by atoms with Gasteiger partial charge in [0.2, 0.25) is 7.37 Å². The van der Waals surface area contributed by atoms with Crippen LogP contribution in [0.4, 0.5) is 4.79 Å². The summed E-state index contributed by atoms with van der Waals surface area (Å²) in [6, 6.07) is 13.1. The van der Waals surface area contributed by atoms with E-state index in [2.05, 4.69) is 4.98 Å². The van der Waals surface area contributed by atoms with Crippen LogP contribution in [0.15, 0.2) is 54.9 Å². The van der Waals surface area contributed by atoms with Gasteiger partial charge in [-0.15, -0.1) is 0 Å². The Morgan fingerprint density at radius 2 is 1.81 bits per heavy atom. The Hall–Kier alpha value is -2.70. The van der Waals surface area contributed by atoms with Crippen molar-refractivity contribution >= 4 is 19.4 Å². The maximum absolute atomic E-state index is 12.7. The number of hydrogen-bond acceptors (Lipinski definition) is 6. The van der Waals surface area contributed by atoms with Crippen molar-refractivity contribution in [2.24, 2.45) is 5.92 Å². The van der Waals surface area contributed by atoms with Gasteiger partial charge in [0.05, 0.1) is 13.0 Å². The van der Waals surface area contributed by atoms with E-state index >= 15 is 0 Å². The van der Waals surface area contributed by atoms with Crippen molar-refractivity contribution in [2.75, 3.05) is 33.0 Å². The molecule has 2 rings (SSSR count). The number of methoxy groups -OCH3 is 1. The van der Waals surface area contributed by atoms with Crippen LogP contribution < -0.4 is 0 Å². The SMILES string of the molecule is COC(=O)C(CCCc1ccncc1)CP(=O)(O)CCN(C)C(=O)OCc1ccccc1. The molecule has 1 amide bonds. The minimum atomic E-state index is -3.66. The van der Waals surface area contributed by atoms with Gasteiger partial charge in [-0.25, -0.2) is 4.79 Å². The summed E-state index contributed by atoms with van der Waals surface area (Å²) in [6.45, 7) is 0.176. The van der Waals surface area contributed by atoms with Gasteiger partial charge in [-0.2, -0.15) is 0 Å². The van der Waals surface area contributed by atoms with Crippen molar-refractivity contribution < 1.29 is 28.5 Å². The van der Waals surface area contributed by atoms with E-state index in [0.29, 0.717) is 12.8 Å². The average Bonchev–Trinajstić information content (AvgIpc) is 2.81. The fourth-order valence-corrected chi connectivity index (χ4v) is 5.03. The maximum atomic E-state index is 12.7. The first-order valence-electron chi connectivity index (χ1n) is 10.5. The summed E-state index contributed by atoms with van der Waals surface area (Å²) in [7, 11) is -0.870. The van der Waals surface area contributed by atoms with Crippen LogP contribution in [0.2, 0.25) is 0 Å². The van der Waals surface area contributed by atoms with Gasteiger partial charge in [0, 0.05) is 38.3 Å².